The van der Waals surface area contributed by atoms with Crippen LogP contribution < -0.4 is 16.1 Å². The third kappa shape index (κ3) is 1.74. The van der Waals surface area contributed by atoms with Gasteiger partial charge in [-0.3, -0.25) is 4.79 Å². The number of carboxylic acids is 1. The molecule has 0 aromatic carbocycles. The molecular weight excluding hydrogens is 196 g/mol. The Balaban J connectivity index is 2.86. The van der Waals surface area contributed by atoms with Gasteiger partial charge in [0.25, 0.3) is 0 Å². The molecule has 2 rings (SSSR count). The van der Waals surface area contributed by atoms with Gasteiger partial charge in [-0.25, -0.2) is 4.79 Å². The summed E-state index contributed by atoms with van der Waals surface area (Å²) in [7, 11) is 0. The summed E-state index contributed by atoms with van der Waals surface area (Å²) in [5.74, 6) is -1.57. The summed E-state index contributed by atoms with van der Waals surface area (Å²) < 4.78 is 5.08. The van der Waals surface area contributed by atoms with E-state index in [4.69, 9.17) is 9.52 Å². The number of fused-ring (bicyclic) bond motifs is 1. The van der Waals surface area contributed by atoms with E-state index < -0.39 is 5.97 Å². The molecular formula is C11H8O4. The Hall–Kier alpha value is -2.10. The maximum atomic E-state index is 11.5. The van der Waals surface area contributed by atoms with Gasteiger partial charge in [-0.1, -0.05) is 18.2 Å². The molecule has 0 fully saturated rings. The Morgan fingerprint density at radius 1 is 1.47 bits per heavy atom. The Kier molecular flexibility index (Phi) is 2.25. The molecule has 76 valence electrons. The molecule has 0 saturated heterocycles. The number of carboxylic acid groups (broad SMARTS) is 1. The first-order valence-corrected chi connectivity index (χ1v) is 4.43. The van der Waals surface area contributed by atoms with Crippen molar-refractivity contribution in [1.82, 2.24) is 0 Å². The van der Waals surface area contributed by atoms with Gasteiger partial charge >= 0.3 is 5.97 Å². The van der Waals surface area contributed by atoms with Gasteiger partial charge in [0, 0.05) is 6.07 Å². The molecule has 4 heteroatoms. The monoisotopic (exact) mass is 204 g/mol. The number of rotatable bonds is 1. The van der Waals surface area contributed by atoms with E-state index in [0.717, 1.165) is 6.07 Å². The van der Waals surface area contributed by atoms with Crippen molar-refractivity contribution in [1.29, 1.82) is 0 Å². The van der Waals surface area contributed by atoms with E-state index in [-0.39, 0.29) is 11.2 Å². The maximum absolute atomic E-state index is 11.5. The van der Waals surface area contributed by atoms with Crippen molar-refractivity contribution in [3.8, 4) is 0 Å². The number of hydrogen-bond donors (Lipinski definition) is 1. The fourth-order valence-corrected chi connectivity index (χ4v) is 1.37. The highest BCUT2D eigenvalue weighted by molar-refractivity contribution is 5.84. The summed E-state index contributed by atoms with van der Waals surface area (Å²) >= 11 is 0. The zero-order valence-electron chi connectivity index (χ0n) is 7.77. The topological polar surface area (TPSA) is 67.5 Å². The van der Waals surface area contributed by atoms with E-state index in [0.29, 0.717) is 17.1 Å². The Bertz CT molecular complexity index is 604. The van der Waals surface area contributed by atoms with E-state index in [1.54, 1.807) is 18.2 Å². The molecule has 1 aliphatic rings. The van der Waals surface area contributed by atoms with Crippen LogP contribution in [0, 0.1) is 0 Å². The van der Waals surface area contributed by atoms with Crippen LogP contribution >= 0.6 is 0 Å². The quantitative estimate of drug-likeness (QED) is 0.691. The SMILES string of the molecule is O=C(O)c1cc(=O)c2c(o1)=CC=CCC=2. The molecule has 1 aromatic heterocycles. The average Bonchev–Trinajstić information content (AvgIpc) is 2.42. The molecule has 0 spiro atoms. The van der Waals surface area contributed by atoms with Crippen molar-refractivity contribution in [2.75, 3.05) is 0 Å². The molecule has 0 bridgehead atoms. The first-order chi connectivity index (χ1) is 7.18. The molecule has 1 heterocycles. The number of allylic oxidation sites excluding steroid dienone is 2. The fourth-order valence-electron chi connectivity index (χ4n) is 1.37. The van der Waals surface area contributed by atoms with Crippen molar-refractivity contribution in [3.05, 3.63) is 44.8 Å². The van der Waals surface area contributed by atoms with Crippen LogP contribution in [0.2, 0.25) is 0 Å². The van der Waals surface area contributed by atoms with Crippen molar-refractivity contribution in [2.45, 2.75) is 6.42 Å². The molecule has 0 aliphatic heterocycles. The van der Waals surface area contributed by atoms with Crippen LogP contribution in [0.1, 0.15) is 17.0 Å². The second-order valence-electron chi connectivity index (χ2n) is 3.09. The maximum Gasteiger partial charge on any atom is 0.371 e. The van der Waals surface area contributed by atoms with E-state index >= 15 is 0 Å². The second kappa shape index (κ2) is 3.57. The predicted octanol–water partition coefficient (Wildman–Crippen LogP) is -0.141. The van der Waals surface area contributed by atoms with Crippen LogP contribution in [0.4, 0.5) is 0 Å². The normalized spacial score (nSPS) is 13.3. The smallest absolute Gasteiger partial charge is 0.371 e. The highest BCUT2D eigenvalue weighted by atomic mass is 16.4. The standard InChI is InChI=1S/C11H8O4/c12-8-6-10(11(13)14)15-9-5-3-1-2-4-7(8)9/h1,3-6H,2H2,(H,13,14). The van der Waals surface area contributed by atoms with Crippen molar-refractivity contribution in [2.24, 2.45) is 0 Å². The third-order valence-corrected chi connectivity index (χ3v) is 2.07. The van der Waals surface area contributed by atoms with E-state index in [1.807, 2.05) is 6.08 Å². The van der Waals surface area contributed by atoms with Crippen molar-refractivity contribution < 1.29 is 14.3 Å². The molecule has 15 heavy (non-hydrogen) atoms. The molecule has 0 radical (unpaired) electrons. The van der Waals surface area contributed by atoms with Crippen LogP contribution in [0.3, 0.4) is 0 Å². The molecule has 4 nitrogen and oxygen atoms in total. The van der Waals surface area contributed by atoms with Gasteiger partial charge in [0.1, 0.15) is 5.42 Å². The van der Waals surface area contributed by atoms with Gasteiger partial charge in [-0.2, -0.15) is 0 Å². The summed E-state index contributed by atoms with van der Waals surface area (Å²) in [6.07, 6.45) is 7.53. The lowest BCUT2D eigenvalue weighted by molar-refractivity contribution is 0.0656. The molecule has 1 aromatic rings. The van der Waals surface area contributed by atoms with Crippen molar-refractivity contribution >= 4 is 18.1 Å². The van der Waals surface area contributed by atoms with Crippen LogP contribution in [-0.2, 0) is 0 Å². The van der Waals surface area contributed by atoms with Gasteiger partial charge < -0.3 is 9.52 Å². The first-order valence-electron chi connectivity index (χ1n) is 4.43. The van der Waals surface area contributed by atoms with Gasteiger partial charge in [-0.15, -0.1) is 0 Å². The highest BCUT2D eigenvalue weighted by Gasteiger charge is 2.08. The predicted molar refractivity (Wildman–Crippen MR) is 53.9 cm³/mol. The van der Waals surface area contributed by atoms with E-state index in [9.17, 15) is 9.59 Å². The summed E-state index contributed by atoms with van der Waals surface area (Å²) in [5.41, 5.74) is -0.0257. The minimum atomic E-state index is -1.24. The minimum absolute atomic E-state index is 0.300. The molecule has 0 unspecified atom stereocenters. The lowest BCUT2D eigenvalue weighted by Gasteiger charge is -1.93. The summed E-state index contributed by atoms with van der Waals surface area (Å²) in [4.78, 5) is 22.2. The number of hydrogen-bond acceptors (Lipinski definition) is 3. The van der Waals surface area contributed by atoms with Crippen molar-refractivity contribution in [3.63, 3.8) is 0 Å². The summed E-state index contributed by atoms with van der Waals surface area (Å²) in [6.45, 7) is 0. The van der Waals surface area contributed by atoms with Gasteiger partial charge in [0.2, 0.25) is 5.76 Å². The zero-order valence-corrected chi connectivity index (χ0v) is 7.77. The van der Waals surface area contributed by atoms with Crippen LogP contribution in [0.25, 0.3) is 12.2 Å². The van der Waals surface area contributed by atoms with Crippen LogP contribution in [0.15, 0.2) is 27.4 Å². The zero-order chi connectivity index (χ0) is 10.8. The Morgan fingerprint density at radius 3 is 3.00 bits per heavy atom. The third-order valence-electron chi connectivity index (χ3n) is 2.07. The Labute approximate surface area is 84.5 Å². The van der Waals surface area contributed by atoms with Gasteiger partial charge in [0.05, 0.1) is 5.22 Å². The van der Waals surface area contributed by atoms with Gasteiger partial charge in [-0.05, 0) is 12.5 Å². The number of carbonyl (C=O) groups is 1. The lowest BCUT2D eigenvalue weighted by atomic mass is 10.3. The highest BCUT2D eigenvalue weighted by Crippen LogP contribution is 1.91. The van der Waals surface area contributed by atoms with Gasteiger partial charge in [0.15, 0.2) is 5.43 Å². The van der Waals surface area contributed by atoms with Crippen LogP contribution in [0.5, 0.6) is 0 Å². The molecule has 0 atom stereocenters. The average molecular weight is 204 g/mol. The summed E-state index contributed by atoms with van der Waals surface area (Å²) in [6, 6.07) is 0.997. The molecule has 1 aliphatic carbocycles. The largest absolute Gasteiger partial charge is 0.475 e. The van der Waals surface area contributed by atoms with E-state index in [1.165, 1.54) is 0 Å². The fraction of sp³-hybridized carbons (Fsp3) is 0.0909. The summed E-state index contributed by atoms with van der Waals surface area (Å²) in [5, 5.41) is 9.13. The first kappa shape index (κ1) is 9.45. The molecule has 0 saturated carbocycles. The molecule has 1 N–H and O–H groups in total. The lowest BCUT2D eigenvalue weighted by Crippen LogP contribution is -2.39. The van der Waals surface area contributed by atoms with Crippen LogP contribution in [-0.4, -0.2) is 11.1 Å². The second-order valence-corrected chi connectivity index (χ2v) is 3.09. The molecule has 0 amide bonds. The Morgan fingerprint density at radius 2 is 2.27 bits per heavy atom. The number of aromatic carboxylic acids is 1. The van der Waals surface area contributed by atoms with E-state index in [2.05, 4.69) is 0 Å². The minimum Gasteiger partial charge on any atom is -0.475 e.